The molecule has 1 aliphatic rings. The molecule has 0 saturated carbocycles. The van der Waals surface area contributed by atoms with Crippen molar-refractivity contribution in [3.05, 3.63) is 64.2 Å². The molecule has 0 atom stereocenters. The molecule has 0 unspecified atom stereocenters. The normalized spacial score (nSPS) is 12.6. The maximum absolute atomic E-state index is 12.5. The summed E-state index contributed by atoms with van der Waals surface area (Å²) < 4.78 is 5.06. The van der Waals surface area contributed by atoms with Gasteiger partial charge in [-0.25, -0.2) is 4.79 Å². The summed E-state index contributed by atoms with van der Waals surface area (Å²) in [5.41, 5.74) is 0.843. The van der Waals surface area contributed by atoms with Crippen LogP contribution in [0.25, 0.3) is 0 Å². The Morgan fingerprint density at radius 3 is 2.10 bits per heavy atom. The van der Waals surface area contributed by atoms with Crippen molar-refractivity contribution in [3.63, 3.8) is 0 Å². The summed E-state index contributed by atoms with van der Waals surface area (Å²) in [4.78, 5) is 35.9. The Balaban J connectivity index is 2.23. The lowest BCUT2D eigenvalue weighted by molar-refractivity contribution is 0.0696. The summed E-state index contributed by atoms with van der Waals surface area (Å²) in [5.74, 6) is -1.34. The number of carboxylic acids is 1. The first-order valence-electron chi connectivity index (χ1n) is 6.17. The lowest BCUT2D eigenvalue weighted by atomic mass is 9.83. The SMILES string of the molecule is COc1ccc2c(c1)C(=O)c1cc(C(=O)O)ccc1C2=O. The van der Waals surface area contributed by atoms with Gasteiger partial charge in [0.25, 0.3) is 0 Å². The number of carbonyl (C=O) groups is 3. The number of hydrogen-bond acceptors (Lipinski definition) is 4. The van der Waals surface area contributed by atoms with E-state index in [9.17, 15) is 14.4 Å². The van der Waals surface area contributed by atoms with Crippen molar-refractivity contribution in [3.8, 4) is 5.75 Å². The molecule has 0 aromatic heterocycles. The fourth-order valence-corrected chi connectivity index (χ4v) is 2.39. The molecular formula is C16H10O5. The summed E-state index contributed by atoms with van der Waals surface area (Å²) in [5, 5.41) is 9.00. The van der Waals surface area contributed by atoms with Crippen LogP contribution in [-0.2, 0) is 0 Å². The molecule has 0 saturated heterocycles. The average molecular weight is 282 g/mol. The van der Waals surface area contributed by atoms with Gasteiger partial charge in [-0.2, -0.15) is 0 Å². The molecule has 0 aliphatic heterocycles. The second-order valence-electron chi connectivity index (χ2n) is 4.64. The van der Waals surface area contributed by atoms with Gasteiger partial charge in [-0.15, -0.1) is 0 Å². The molecule has 0 radical (unpaired) electrons. The smallest absolute Gasteiger partial charge is 0.335 e. The molecule has 0 heterocycles. The van der Waals surface area contributed by atoms with E-state index in [1.807, 2.05) is 0 Å². The molecule has 0 amide bonds. The Labute approximate surface area is 119 Å². The zero-order valence-corrected chi connectivity index (χ0v) is 11.0. The number of ketones is 2. The first-order chi connectivity index (χ1) is 10.0. The van der Waals surface area contributed by atoms with E-state index in [0.29, 0.717) is 11.3 Å². The Morgan fingerprint density at radius 1 is 0.905 bits per heavy atom. The number of hydrogen-bond donors (Lipinski definition) is 1. The molecule has 5 heteroatoms. The maximum atomic E-state index is 12.5. The maximum Gasteiger partial charge on any atom is 0.335 e. The van der Waals surface area contributed by atoms with Crippen molar-refractivity contribution in [2.24, 2.45) is 0 Å². The molecule has 5 nitrogen and oxygen atoms in total. The molecule has 2 aromatic carbocycles. The fourth-order valence-electron chi connectivity index (χ4n) is 2.39. The van der Waals surface area contributed by atoms with E-state index >= 15 is 0 Å². The highest BCUT2D eigenvalue weighted by Crippen LogP contribution is 2.30. The molecule has 2 aromatic rings. The molecule has 1 N–H and O–H groups in total. The van der Waals surface area contributed by atoms with Crippen LogP contribution in [0.1, 0.15) is 42.2 Å². The Kier molecular flexibility index (Phi) is 2.83. The predicted molar refractivity (Wildman–Crippen MR) is 73.3 cm³/mol. The zero-order chi connectivity index (χ0) is 15.1. The van der Waals surface area contributed by atoms with Gasteiger partial charge >= 0.3 is 5.97 Å². The zero-order valence-electron chi connectivity index (χ0n) is 11.0. The van der Waals surface area contributed by atoms with Crippen LogP contribution in [0.2, 0.25) is 0 Å². The lowest BCUT2D eigenvalue weighted by Gasteiger charge is -2.18. The van der Waals surface area contributed by atoms with Crippen LogP contribution in [0.15, 0.2) is 36.4 Å². The van der Waals surface area contributed by atoms with Gasteiger partial charge in [-0.1, -0.05) is 0 Å². The average Bonchev–Trinajstić information content (AvgIpc) is 2.51. The number of benzene rings is 2. The second kappa shape index (κ2) is 4.56. The van der Waals surface area contributed by atoms with Crippen LogP contribution < -0.4 is 4.74 Å². The predicted octanol–water partition coefficient (Wildman–Crippen LogP) is 2.17. The summed E-state index contributed by atoms with van der Waals surface area (Å²) in [6, 6.07) is 8.59. The summed E-state index contributed by atoms with van der Waals surface area (Å²) in [7, 11) is 1.47. The van der Waals surface area contributed by atoms with E-state index in [4.69, 9.17) is 9.84 Å². The fraction of sp³-hybridized carbons (Fsp3) is 0.0625. The van der Waals surface area contributed by atoms with E-state index in [2.05, 4.69) is 0 Å². The number of aromatic carboxylic acids is 1. The Bertz CT molecular complexity index is 804. The second-order valence-corrected chi connectivity index (χ2v) is 4.64. The lowest BCUT2D eigenvalue weighted by Crippen LogP contribution is -2.21. The quantitative estimate of drug-likeness (QED) is 0.779. The third-order valence-electron chi connectivity index (χ3n) is 3.47. The number of fused-ring (bicyclic) bond motifs is 2. The van der Waals surface area contributed by atoms with Gasteiger partial charge in [0.15, 0.2) is 11.6 Å². The first kappa shape index (κ1) is 13.1. The van der Waals surface area contributed by atoms with Crippen LogP contribution >= 0.6 is 0 Å². The van der Waals surface area contributed by atoms with Crippen molar-refractivity contribution >= 4 is 17.5 Å². The van der Waals surface area contributed by atoms with Crippen molar-refractivity contribution in [1.82, 2.24) is 0 Å². The molecule has 0 fully saturated rings. The van der Waals surface area contributed by atoms with Gasteiger partial charge < -0.3 is 9.84 Å². The highest BCUT2D eigenvalue weighted by molar-refractivity contribution is 6.28. The van der Waals surface area contributed by atoms with E-state index in [1.54, 1.807) is 12.1 Å². The molecule has 21 heavy (non-hydrogen) atoms. The first-order valence-corrected chi connectivity index (χ1v) is 6.17. The van der Waals surface area contributed by atoms with E-state index in [-0.39, 0.29) is 33.8 Å². The molecule has 0 spiro atoms. The van der Waals surface area contributed by atoms with E-state index in [1.165, 1.54) is 31.4 Å². The summed E-state index contributed by atoms with van der Waals surface area (Å²) in [6.45, 7) is 0. The summed E-state index contributed by atoms with van der Waals surface area (Å²) >= 11 is 0. The van der Waals surface area contributed by atoms with Crippen LogP contribution in [0.5, 0.6) is 5.75 Å². The van der Waals surface area contributed by atoms with Gasteiger partial charge in [-0.05, 0) is 36.4 Å². The minimum absolute atomic E-state index is 0.0266. The number of carboxylic acid groups (broad SMARTS) is 1. The number of carbonyl (C=O) groups excluding carboxylic acids is 2. The minimum Gasteiger partial charge on any atom is -0.497 e. The minimum atomic E-state index is -1.14. The number of ether oxygens (including phenoxy) is 1. The van der Waals surface area contributed by atoms with Crippen molar-refractivity contribution in [2.75, 3.05) is 7.11 Å². The highest BCUT2D eigenvalue weighted by Gasteiger charge is 2.30. The van der Waals surface area contributed by atoms with Crippen LogP contribution in [0.3, 0.4) is 0 Å². The standard InChI is InChI=1S/C16H10O5/c1-21-9-3-5-11-13(7-9)15(18)12-6-8(16(19)20)2-4-10(12)14(11)17/h2-7H,1H3,(H,19,20). The number of methoxy groups -OCH3 is 1. The molecule has 104 valence electrons. The Hall–Kier alpha value is -2.95. The van der Waals surface area contributed by atoms with E-state index < -0.39 is 5.97 Å². The van der Waals surface area contributed by atoms with Crippen LogP contribution in [0.4, 0.5) is 0 Å². The van der Waals surface area contributed by atoms with Crippen molar-refractivity contribution in [1.29, 1.82) is 0 Å². The van der Waals surface area contributed by atoms with E-state index in [0.717, 1.165) is 0 Å². The largest absolute Gasteiger partial charge is 0.497 e. The topological polar surface area (TPSA) is 80.7 Å². The third kappa shape index (κ3) is 1.90. The summed E-state index contributed by atoms with van der Waals surface area (Å²) in [6.07, 6.45) is 0. The molecule has 1 aliphatic carbocycles. The van der Waals surface area contributed by atoms with Gasteiger partial charge in [0.1, 0.15) is 5.75 Å². The highest BCUT2D eigenvalue weighted by atomic mass is 16.5. The van der Waals surface area contributed by atoms with Gasteiger partial charge in [0.2, 0.25) is 0 Å². The van der Waals surface area contributed by atoms with Crippen molar-refractivity contribution in [2.45, 2.75) is 0 Å². The molecule has 0 bridgehead atoms. The molecular weight excluding hydrogens is 272 g/mol. The van der Waals surface area contributed by atoms with Gasteiger partial charge in [0, 0.05) is 22.3 Å². The number of rotatable bonds is 2. The van der Waals surface area contributed by atoms with Crippen molar-refractivity contribution < 1.29 is 24.2 Å². The van der Waals surface area contributed by atoms with Gasteiger partial charge in [0.05, 0.1) is 12.7 Å². The monoisotopic (exact) mass is 282 g/mol. The third-order valence-corrected chi connectivity index (χ3v) is 3.47. The van der Waals surface area contributed by atoms with Crippen LogP contribution in [-0.4, -0.2) is 29.8 Å². The molecule has 3 rings (SSSR count). The Morgan fingerprint density at radius 2 is 1.48 bits per heavy atom. The van der Waals surface area contributed by atoms with Crippen LogP contribution in [0, 0.1) is 0 Å². The van der Waals surface area contributed by atoms with Gasteiger partial charge in [-0.3, -0.25) is 9.59 Å².